The Bertz CT molecular complexity index is 1650. The Morgan fingerprint density at radius 3 is 1.81 bits per heavy atom. The summed E-state index contributed by atoms with van der Waals surface area (Å²) >= 11 is 0. The van der Waals surface area contributed by atoms with Crippen LogP contribution >= 0.6 is 0 Å². The second-order valence-electron chi connectivity index (χ2n) is 10.9. The maximum absolute atomic E-state index is 2.49. The number of aryl methyl sites for hydroxylation is 2. The third-order valence-corrected chi connectivity index (χ3v) is 8.30. The van der Waals surface area contributed by atoms with Crippen LogP contribution in [0.2, 0.25) is 0 Å². The third-order valence-electron chi connectivity index (χ3n) is 8.30. The molecule has 0 unspecified atom stereocenters. The van der Waals surface area contributed by atoms with E-state index in [0.717, 1.165) is 0 Å². The van der Waals surface area contributed by atoms with Gasteiger partial charge in [0.15, 0.2) is 0 Å². The highest BCUT2D eigenvalue weighted by Crippen LogP contribution is 2.44. The molecular formula is C36H38. The summed E-state index contributed by atoms with van der Waals surface area (Å²) in [6.45, 7) is 4.57. The van der Waals surface area contributed by atoms with E-state index in [1.165, 1.54) is 129 Å². The minimum absolute atomic E-state index is 1.18. The Hall–Kier alpha value is -3.12. The maximum Gasteiger partial charge on any atom is -0.00197 e. The Labute approximate surface area is 215 Å². The molecule has 0 N–H and O–H groups in total. The number of benzene rings is 3. The highest BCUT2D eigenvalue weighted by molar-refractivity contribution is 6.37. The molecule has 0 aliphatic carbocycles. The summed E-state index contributed by atoms with van der Waals surface area (Å²) in [6.07, 6.45) is 12.9. The zero-order valence-electron chi connectivity index (χ0n) is 22.0. The maximum atomic E-state index is 2.49. The summed E-state index contributed by atoms with van der Waals surface area (Å²) in [5.41, 5.74) is 2.96. The minimum atomic E-state index is 1.18. The number of rotatable bonds is 10. The topological polar surface area (TPSA) is 0 Å². The first-order valence-electron chi connectivity index (χ1n) is 14.3. The van der Waals surface area contributed by atoms with Gasteiger partial charge in [0.2, 0.25) is 0 Å². The molecule has 0 aliphatic rings. The van der Waals surface area contributed by atoms with Crippen molar-refractivity contribution in [2.75, 3.05) is 0 Å². The van der Waals surface area contributed by atoms with Crippen molar-refractivity contribution in [3.63, 3.8) is 0 Å². The molecule has 0 atom stereocenters. The van der Waals surface area contributed by atoms with Gasteiger partial charge >= 0.3 is 0 Å². The third kappa shape index (κ3) is 4.11. The molecule has 0 amide bonds. The monoisotopic (exact) mass is 470 g/mol. The summed E-state index contributed by atoms with van der Waals surface area (Å²) in [5, 5.41) is 14.1. The van der Waals surface area contributed by atoms with Gasteiger partial charge in [-0.15, -0.1) is 0 Å². The van der Waals surface area contributed by atoms with E-state index in [4.69, 9.17) is 0 Å². The van der Waals surface area contributed by atoms with Crippen molar-refractivity contribution in [2.24, 2.45) is 0 Å². The van der Waals surface area contributed by atoms with Gasteiger partial charge in [-0.2, -0.15) is 0 Å². The van der Waals surface area contributed by atoms with Crippen molar-refractivity contribution in [3.8, 4) is 0 Å². The van der Waals surface area contributed by atoms with Crippen LogP contribution in [0, 0.1) is 0 Å². The van der Waals surface area contributed by atoms with Crippen LogP contribution in [0.4, 0.5) is 0 Å². The molecule has 6 rings (SSSR count). The van der Waals surface area contributed by atoms with Crippen molar-refractivity contribution in [1.82, 2.24) is 0 Å². The van der Waals surface area contributed by atoms with Gasteiger partial charge in [0.1, 0.15) is 0 Å². The van der Waals surface area contributed by atoms with Crippen LogP contribution < -0.4 is 0 Å². The highest BCUT2D eigenvalue weighted by Gasteiger charge is 2.16. The molecule has 0 saturated heterocycles. The van der Waals surface area contributed by atoms with Gasteiger partial charge in [-0.3, -0.25) is 0 Å². The van der Waals surface area contributed by atoms with E-state index in [2.05, 4.69) is 86.6 Å². The van der Waals surface area contributed by atoms with E-state index >= 15 is 0 Å². The normalized spacial score (nSPS) is 12.2. The molecule has 182 valence electrons. The lowest BCUT2D eigenvalue weighted by Gasteiger charge is -2.04. The Morgan fingerprint density at radius 2 is 1.08 bits per heavy atom. The van der Waals surface area contributed by atoms with Crippen molar-refractivity contribution < 1.29 is 0 Å². The fourth-order valence-corrected chi connectivity index (χ4v) is 6.41. The molecule has 0 saturated carbocycles. The Balaban J connectivity index is 1.52. The second kappa shape index (κ2) is 10.1. The van der Waals surface area contributed by atoms with Crippen LogP contribution in [0.1, 0.15) is 76.3 Å². The van der Waals surface area contributed by atoms with Crippen LogP contribution in [-0.4, -0.2) is 0 Å². The lowest BCUT2D eigenvalue weighted by molar-refractivity contribution is 0.667. The largest absolute Gasteiger partial charge is 0.0654 e. The standard InChI is InChI=1S/C36H38/c1-3-5-7-9-13-25-17-19-27-23-28-24-34-33-22-26(14-10-8-6-4-2)18-20-29(33)30-15-11-12-16-31(36(30)34)35(28)32(27)21-25/h11-12,15-24H,3-10,13-14H2,1-2H3. The molecule has 0 heterocycles. The van der Waals surface area contributed by atoms with Gasteiger partial charge in [0.05, 0.1) is 0 Å². The summed E-state index contributed by atoms with van der Waals surface area (Å²) < 4.78 is 0. The molecule has 0 nitrogen and oxygen atoms in total. The van der Waals surface area contributed by atoms with Gasteiger partial charge in [0, 0.05) is 0 Å². The average molecular weight is 471 g/mol. The van der Waals surface area contributed by atoms with Crippen molar-refractivity contribution >= 4 is 53.9 Å². The van der Waals surface area contributed by atoms with Crippen molar-refractivity contribution in [2.45, 2.75) is 78.1 Å². The van der Waals surface area contributed by atoms with E-state index in [1.54, 1.807) is 0 Å². The second-order valence-corrected chi connectivity index (χ2v) is 10.9. The summed E-state index contributed by atoms with van der Waals surface area (Å²) in [5.74, 6) is 0. The number of unbranched alkanes of at least 4 members (excludes halogenated alkanes) is 6. The first kappa shape index (κ1) is 23.3. The van der Waals surface area contributed by atoms with Crippen LogP contribution in [0.5, 0.6) is 0 Å². The van der Waals surface area contributed by atoms with Crippen LogP contribution in [0.25, 0.3) is 53.9 Å². The van der Waals surface area contributed by atoms with Gasteiger partial charge in [0.25, 0.3) is 0 Å². The highest BCUT2D eigenvalue weighted by atomic mass is 14.2. The predicted octanol–water partition coefficient (Wildman–Crippen LogP) is 11.1. The van der Waals surface area contributed by atoms with Crippen LogP contribution in [0.15, 0.2) is 72.8 Å². The number of hydrogen-bond acceptors (Lipinski definition) is 0. The lowest BCUT2D eigenvalue weighted by atomic mass is 10.00. The van der Waals surface area contributed by atoms with Crippen LogP contribution in [-0.2, 0) is 12.8 Å². The average Bonchev–Trinajstić information content (AvgIpc) is 3.31. The molecule has 6 aromatic rings. The predicted molar refractivity (Wildman–Crippen MR) is 161 cm³/mol. The molecule has 36 heavy (non-hydrogen) atoms. The smallest absolute Gasteiger partial charge is 0.00197 e. The molecule has 0 fully saturated rings. The number of fused-ring (bicyclic) bond motifs is 7. The van der Waals surface area contributed by atoms with Gasteiger partial charge in [-0.25, -0.2) is 0 Å². The molecule has 0 aliphatic heterocycles. The summed E-state index contributed by atoms with van der Waals surface area (Å²) in [7, 11) is 0. The van der Waals surface area contributed by atoms with Gasteiger partial charge in [-0.05, 0) is 103 Å². The summed E-state index contributed by atoms with van der Waals surface area (Å²) in [6, 6.07) is 28.5. The zero-order valence-corrected chi connectivity index (χ0v) is 22.0. The Morgan fingerprint density at radius 1 is 0.417 bits per heavy atom. The zero-order chi connectivity index (χ0) is 24.5. The van der Waals surface area contributed by atoms with E-state index in [9.17, 15) is 0 Å². The summed E-state index contributed by atoms with van der Waals surface area (Å²) in [4.78, 5) is 0. The molecule has 0 aromatic heterocycles. The fraction of sp³-hybridized carbons (Fsp3) is 0.333. The van der Waals surface area contributed by atoms with Gasteiger partial charge < -0.3 is 0 Å². The first-order valence-corrected chi connectivity index (χ1v) is 14.3. The van der Waals surface area contributed by atoms with E-state index in [1.807, 2.05) is 0 Å². The number of hydrogen-bond donors (Lipinski definition) is 0. The van der Waals surface area contributed by atoms with Crippen molar-refractivity contribution in [1.29, 1.82) is 0 Å². The molecule has 0 spiro atoms. The molecule has 0 radical (unpaired) electrons. The fourth-order valence-electron chi connectivity index (χ4n) is 6.41. The van der Waals surface area contributed by atoms with Gasteiger partial charge in [-0.1, -0.05) is 113 Å². The molecular weight excluding hydrogens is 432 g/mol. The van der Waals surface area contributed by atoms with Crippen molar-refractivity contribution in [3.05, 3.63) is 83.9 Å². The molecule has 0 heteroatoms. The first-order chi connectivity index (χ1) is 17.8. The lowest BCUT2D eigenvalue weighted by Crippen LogP contribution is -1.85. The molecule has 0 bridgehead atoms. The minimum Gasteiger partial charge on any atom is -0.0654 e. The SMILES string of the molecule is CCCCCCc1ccc2c(c1)c1cc3cc4ccc(CCCCCC)cc4c3c3ccccc2c13. The van der Waals surface area contributed by atoms with E-state index < -0.39 is 0 Å². The van der Waals surface area contributed by atoms with E-state index in [-0.39, 0.29) is 0 Å². The van der Waals surface area contributed by atoms with E-state index in [0.29, 0.717) is 0 Å². The van der Waals surface area contributed by atoms with Crippen LogP contribution in [0.3, 0.4) is 0 Å². The quantitative estimate of drug-likeness (QED) is 0.175. The Kier molecular flexibility index (Phi) is 6.53. The molecule has 6 aromatic carbocycles.